The first-order valence-corrected chi connectivity index (χ1v) is 9.74. The van der Waals surface area contributed by atoms with Gasteiger partial charge < -0.3 is 15.8 Å². The Morgan fingerprint density at radius 2 is 1.63 bits per heavy atom. The Balaban J connectivity index is 2.38. The molecule has 0 unspecified atom stereocenters. The highest BCUT2D eigenvalue weighted by Gasteiger charge is 2.18. The van der Waals surface area contributed by atoms with Gasteiger partial charge in [0.1, 0.15) is 0 Å². The number of nitrogens with one attached hydrogen (secondary N) is 2. The van der Waals surface area contributed by atoms with Crippen molar-refractivity contribution < 1.29 is 22.7 Å². The third kappa shape index (κ3) is 4.98. The van der Waals surface area contributed by atoms with Crippen LogP contribution in [-0.2, 0) is 14.8 Å². The number of sulfonamides is 1. The number of hydrogen-bond donors (Lipinski definition) is 3. The number of hydrogen-bond acceptors (Lipinski definition) is 6. The summed E-state index contributed by atoms with van der Waals surface area (Å²) in [5.74, 6) is -1.20. The summed E-state index contributed by atoms with van der Waals surface area (Å²) in [4.78, 5) is 23.0. The molecule has 27 heavy (non-hydrogen) atoms. The lowest BCUT2D eigenvalue weighted by Gasteiger charge is -2.15. The summed E-state index contributed by atoms with van der Waals surface area (Å²) in [6.45, 7) is 4.31. The average molecular weight is 391 g/mol. The molecule has 2 aromatic carbocycles. The van der Waals surface area contributed by atoms with E-state index in [0.29, 0.717) is 12.2 Å². The number of nitrogens with two attached hydrogens (primary N) is 1. The highest BCUT2D eigenvalue weighted by molar-refractivity contribution is 7.92. The van der Waals surface area contributed by atoms with Crippen LogP contribution in [0.1, 0.15) is 34.6 Å². The number of ether oxygens (including phenoxy) is 1. The molecule has 8 nitrogen and oxygen atoms in total. The minimum atomic E-state index is -3.95. The van der Waals surface area contributed by atoms with E-state index >= 15 is 0 Å². The van der Waals surface area contributed by atoms with E-state index < -0.39 is 21.9 Å². The molecule has 0 fully saturated rings. The molecule has 0 aromatic heterocycles. The van der Waals surface area contributed by atoms with E-state index in [1.54, 1.807) is 19.1 Å². The standard InChI is InChI=1S/C18H21N3O5S/c1-3-20-15-10-7-13(18(23)26-4-2)11-16(15)21-27(24,25)14-8-5-12(6-9-14)17(19)22/h5-11,20-21H,3-4H2,1-2H3,(H2,19,22). The van der Waals surface area contributed by atoms with Gasteiger partial charge in [0.25, 0.3) is 10.0 Å². The van der Waals surface area contributed by atoms with Crippen LogP contribution in [0.25, 0.3) is 0 Å². The maximum absolute atomic E-state index is 12.7. The van der Waals surface area contributed by atoms with Gasteiger partial charge in [-0.15, -0.1) is 0 Å². The smallest absolute Gasteiger partial charge is 0.338 e. The minimum absolute atomic E-state index is 0.0449. The summed E-state index contributed by atoms with van der Waals surface area (Å²) < 4.78 is 32.8. The highest BCUT2D eigenvalue weighted by Crippen LogP contribution is 2.26. The third-order valence-electron chi connectivity index (χ3n) is 3.59. The van der Waals surface area contributed by atoms with E-state index in [9.17, 15) is 18.0 Å². The Labute approximate surface area is 157 Å². The monoisotopic (exact) mass is 391 g/mol. The Morgan fingerprint density at radius 1 is 1.00 bits per heavy atom. The zero-order valence-corrected chi connectivity index (χ0v) is 15.8. The molecular weight excluding hydrogens is 370 g/mol. The number of carbonyl (C=O) groups is 2. The number of esters is 1. The molecule has 0 aliphatic carbocycles. The summed E-state index contributed by atoms with van der Waals surface area (Å²) in [7, 11) is -3.95. The van der Waals surface area contributed by atoms with E-state index in [1.807, 2.05) is 6.92 Å². The molecular formula is C18H21N3O5S. The number of carbonyl (C=O) groups excluding carboxylic acids is 2. The molecule has 0 radical (unpaired) electrons. The van der Waals surface area contributed by atoms with E-state index in [4.69, 9.17) is 10.5 Å². The molecule has 4 N–H and O–H groups in total. The quantitative estimate of drug-likeness (QED) is 0.592. The molecule has 0 aliphatic heterocycles. The van der Waals surface area contributed by atoms with Crippen molar-refractivity contribution in [2.24, 2.45) is 5.73 Å². The third-order valence-corrected chi connectivity index (χ3v) is 4.97. The Hall–Kier alpha value is -3.07. The van der Waals surface area contributed by atoms with Gasteiger partial charge in [-0.25, -0.2) is 13.2 Å². The first kappa shape index (κ1) is 20.2. The maximum Gasteiger partial charge on any atom is 0.338 e. The van der Waals surface area contributed by atoms with Crippen molar-refractivity contribution >= 4 is 33.3 Å². The van der Waals surface area contributed by atoms with E-state index in [2.05, 4.69) is 10.0 Å². The lowest BCUT2D eigenvalue weighted by atomic mass is 10.1. The molecule has 9 heteroatoms. The van der Waals surface area contributed by atoms with Crippen LogP contribution >= 0.6 is 0 Å². The fourth-order valence-corrected chi connectivity index (χ4v) is 3.39. The topological polar surface area (TPSA) is 128 Å². The van der Waals surface area contributed by atoms with Crippen LogP contribution in [0.4, 0.5) is 11.4 Å². The van der Waals surface area contributed by atoms with Crippen LogP contribution in [-0.4, -0.2) is 33.4 Å². The fraction of sp³-hybridized carbons (Fsp3) is 0.222. The predicted molar refractivity (Wildman–Crippen MR) is 102 cm³/mol. The number of benzene rings is 2. The average Bonchev–Trinajstić information content (AvgIpc) is 2.63. The molecule has 0 atom stereocenters. The second kappa shape index (κ2) is 8.54. The molecule has 0 bridgehead atoms. The zero-order valence-electron chi connectivity index (χ0n) is 15.0. The molecule has 2 rings (SSSR count). The number of rotatable bonds is 8. The van der Waals surface area contributed by atoms with Gasteiger partial charge in [-0.1, -0.05) is 0 Å². The van der Waals surface area contributed by atoms with E-state index in [0.717, 1.165) is 0 Å². The van der Waals surface area contributed by atoms with Crippen molar-refractivity contribution in [2.75, 3.05) is 23.2 Å². The van der Waals surface area contributed by atoms with Crippen molar-refractivity contribution in [1.29, 1.82) is 0 Å². The maximum atomic E-state index is 12.7. The SMILES string of the molecule is CCNc1ccc(C(=O)OCC)cc1NS(=O)(=O)c1ccc(C(N)=O)cc1. The largest absolute Gasteiger partial charge is 0.462 e. The lowest BCUT2D eigenvalue weighted by molar-refractivity contribution is 0.0526. The fourth-order valence-electron chi connectivity index (χ4n) is 2.32. The molecule has 0 aliphatic rings. The van der Waals surface area contributed by atoms with Crippen LogP contribution in [0.15, 0.2) is 47.4 Å². The molecule has 0 saturated carbocycles. The summed E-state index contributed by atoms with van der Waals surface area (Å²) in [6.07, 6.45) is 0. The molecule has 0 saturated heterocycles. The molecule has 1 amide bonds. The summed E-state index contributed by atoms with van der Waals surface area (Å²) >= 11 is 0. The van der Waals surface area contributed by atoms with Gasteiger partial charge >= 0.3 is 5.97 Å². The Bertz CT molecular complexity index is 940. The van der Waals surface area contributed by atoms with Crippen molar-refractivity contribution in [3.05, 3.63) is 53.6 Å². The molecule has 2 aromatic rings. The van der Waals surface area contributed by atoms with Gasteiger partial charge in [0, 0.05) is 12.1 Å². The Morgan fingerprint density at radius 3 is 2.19 bits per heavy atom. The van der Waals surface area contributed by atoms with Crippen LogP contribution < -0.4 is 15.8 Å². The zero-order chi connectivity index (χ0) is 20.0. The van der Waals surface area contributed by atoms with Crippen LogP contribution in [0, 0.1) is 0 Å². The van der Waals surface area contributed by atoms with Gasteiger partial charge in [0.05, 0.1) is 28.4 Å². The van der Waals surface area contributed by atoms with Crippen molar-refractivity contribution in [2.45, 2.75) is 18.7 Å². The second-order valence-electron chi connectivity index (χ2n) is 5.51. The van der Waals surface area contributed by atoms with Crippen LogP contribution in [0.3, 0.4) is 0 Å². The first-order valence-electron chi connectivity index (χ1n) is 8.26. The summed E-state index contributed by atoms with van der Waals surface area (Å²) in [5.41, 5.74) is 6.31. The summed E-state index contributed by atoms with van der Waals surface area (Å²) in [5, 5.41) is 3.03. The normalized spacial score (nSPS) is 10.9. The van der Waals surface area contributed by atoms with Gasteiger partial charge in [0.15, 0.2) is 0 Å². The molecule has 144 valence electrons. The van der Waals surface area contributed by atoms with Gasteiger partial charge in [-0.2, -0.15) is 0 Å². The number of anilines is 2. The van der Waals surface area contributed by atoms with Crippen molar-refractivity contribution in [3.63, 3.8) is 0 Å². The summed E-state index contributed by atoms with van der Waals surface area (Å²) in [6, 6.07) is 9.79. The second-order valence-corrected chi connectivity index (χ2v) is 7.19. The van der Waals surface area contributed by atoms with Gasteiger partial charge in [-0.05, 0) is 56.3 Å². The molecule has 0 heterocycles. The predicted octanol–water partition coefficient (Wildman–Crippen LogP) is 2.19. The van der Waals surface area contributed by atoms with Crippen molar-refractivity contribution in [3.8, 4) is 0 Å². The lowest BCUT2D eigenvalue weighted by Crippen LogP contribution is -2.16. The van der Waals surface area contributed by atoms with Crippen LogP contribution in [0.2, 0.25) is 0 Å². The van der Waals surface area contributed by atoms with Crippen LogP contribution in [0.5, 0.6) is 0 Å². The number of primary amides is 1. The number of amides is 1. The van der Waals surface area contributed by atoms with E-state index in [-0.39, 0.29) is 28.3 Å². The van der Waals surface area contributed by atoms with Gasteiger partial charge in [-0.3, -0.25) is 9.52 Å². The van der Waals surface area contributed by atoms with Gasteiger partial charge in [0.2, 0.25) is 5.91 Å². The van der Waals surface area contributed by atoms with E-state index in [1.165, 1.54) is 30.3 Å². The molecule has 0 spiro atoms. The minimum Gasteiger partial charge on any atom is -0.462 e. The first-order chi connectivity index (χ1) is 12.8. The highest BCUT2D eigenvalue weighted by atomic mass is 32.2. The Kier molecular flexibility index (Phi) is 6.40. The van der Waals surface area contributed by atoms with Crippen molar-refractivity contribution in [1.82, 2.24) is 0 Å².